The van der Waals surface area contributed by atoms with Gasteiger partial charge in [0.1, 0.15) is 16.5 Å². The quantitative estimate of drug-likeness (QED) is 0.641. The monoisotopic (exact) mass is 196 g/mol. The maximum absolute atomic E-state index is 11.3. The van der Waals surface area contributed by atoms with Gasteiger partial charge in [0.15, 0.2) is 0 Å². The highest BCUT2D eigenvalue weighted by Crippen LogP contribution is 2.09. The van der Waals surface area contributed by atoms with E-state index < -0.39 is 0 Å². The van der Waals surface area contributed by atoms with Crippen LogP contribution in [0.15, 0.2) is 29.2 Å². The van der Waals surface area contributed by atoms with E-state index in [0.29, 0.717) is 5.65 Å². The highest BCUT2D eigenvalue weighted by Gasteiger charge is 2.00. The van der Waals surface area contributed by atoms with E-state index in [4.69, 9.17) is 16.7 Å². The van der Waals surface area contributed by atoms with Gasteiger partial charge in [-0.25, -0.2) is 4.98 Å². The second-order valence-electron chi connectivity index (χ2n) is 2.53. The standard InChI is InChI=1S/C8H5ClN2O2/c9-6-3-8(13)11-4-5(12)1-2-7(11)10-6/h1-4,12H. The fourth-order valence-electron chi connectivity index (χ4n) is 1.06. The zero-order chi connectivity index (χ0) is 9.42. The zero-order valence-electron chi connectivity index (χ0n) is 6.44. The Morgan fingerprint density at radius 3 is 3.00 bits per heavy atom. The minimum absolute atomic E-state index is 0.0127. The Morgan fingerprint density at radius 1 is 1.46 bits per heavy atom. The molecule has 0 saturated heterocycles. The van der Waals surface area contributed by atoms with Crippen molar-refractivity contribution in [3.8, 4) is 5.75 Å². The first-order chi connectivity index (χ1) is 6.16. The molecule has 0 bridgehead atoms. The van der Waals surface area contributed by atoms with Crippen LogP contribution in [-0.2, 0) is 0 Å². The lowest BCUT2D eigenvalue weighted by molar-refractivity contribution is 0.471. The Morgan fingerprint density at radius 2 is 2.23 bits per heavy atom. The maximum atomic E-state index is 11.3. The summed E-state index contributed by atoms with van der Waals surface area (Å²) in [4.78, 5) is 15.2. The van der Waals surface area contributed by atoms with Gasteiger partial charge in [0.25, 0.3) is 5.56 Å². The molecule has 0 fully saturated rings. The van der Waals surface area contributed by atoms with Gasteiger partial charge in [0, 0.05) is 6.07 Å². The second-order valence-corrected chi connectivity index (χ2v) is 2.92. The summed E-state index contributed by atoms with van der Waals surface area (Å²) in [5.74, 6) is 0.0127. The van der Waals surface area contributed by atoms with Crippen molar-refractivity contribution in [3.05, 3.63) is 39.9 Å². The molecule has 2 heterocycles. The van der Waals surface area contributed by atoms with E-state index in [0.717, 1.165) is 0 Å². The molecule has 2 rings (SSSR count). The fraction of sp³-hybridized carbons (Fsp3) is 0. The first kappa shape index (κ1) is 8.07. The van der Waals surface area contributed by atoms with Crippen molar-refractivity contribution in [1.82, 2.24) is 9.38 Å². The summed E-state index contributed by atoms with van der Waals surface area (Å²) in [5, 5.41) is 9.25. The predicted octanol–water partition coefficient (Wildman–Crippen LogP) is 1.05. The molecule has 0 unspecified atom stereocenters. The van der Waals surface area contributed by atoms with E-state index in [9.17, 15) is 4.79 Å². The van der Waals surface area contributed by atoms with Gasteiger partial charge in [0.05, 0.1) is 6.20 Å². The molecule has 1 N–H and O–H groups in total. The Bertz CT molecular complexity index is 521. The van der Waals surface area contributed by atoms with Crippen molar-refractivity contribution in [2.75, 3.05) is 0 Å². The third-order valence-corrected chi connectivity index (χ3v) is 1.81. The Balaban J connectivity index is 2.95. The number of nitrogens with zero attached hydrogens (tertiary/aromatic N) is 2. The molecular weight excluding hydrogens is 192 g/mol. The van der Waals surface area contributed by atoms with Gasteiger partial charge in [0.2, 0.25) is 0 Å². The molecule has 0 aliphatic rings. The molecule has 0 saturated carbocycles. The number of rotatable bonds is 0. The molecule has 4 nitrogen and oxygen atoms in total. The van der Waals surface area contributed by atoms with E-state index in [1.54, 1.807) is 0 Å². The maximum Gasteiger partial charge on any atom is 0.259 e. The molecule has 0 spiro atoms. The molecule has 0 atom stereocenters. The molecule has 0 aliphatic carbocycles. The molecule has 5 heteroatoms. The van der Waals surface area contributed by atoms with E-state index in [2.05, 4.69) is 4.98 Å². The zero-order valence-corrected chi connectivity index (χ0v) is 7.19. The molecule has 13 heavy (non-hydrogen) atoms. The van der Waals surface area contributed by atoms with E-state index in [-0.39, 0.29) is 16.5 Å². The summed E-state index contributed by atoms with van der Waals surface area (Å²) < 4.78 is 1.22. The molecule has 0 aromatic carbocycles. The van der Waals surface area contributed by atoms with Gasteiger partial charge in [-0.15, -0.1) is 0 Å². The van der Waals surface area contributed by atoms with Gasteiger partial charge in [-0.2, -0.15) is 0 Å². The molecular formula is C8H5ClN2O2. The van der Waals surface area contributed by atoms with E-state index in [1.807, 2.05) is 0 Å². The molecule has 66 valence electrons. The van der Waals surface area contributed by atoms with Crippen LogP contribution in [0.25, 0.3) is 5.65 Å². The summed E-state index contributed by atoms with van der Waals surface area (Å²) in [7, 11) is 0. The lowest BCUT2D eigenvalue weighted by Gasteiger charge is -1.99. The Hall–Kier alpha value is -1.55. The first-order valence-corrected chi connectivity index (χ1v) is 3.92. The number of fused-ring (bicyclic) bond motifs is 1. The average molecular weight is 197 g/mol. The van der Waals surface area contributed by atoms with Crippen LogP contribution in [0.4, 0.5) is 0 Å². The SMILES string of the molecule is O=c1cc(Cl)nc2ccc(O)cn12. The number of aromatic nitrogens is 2. The molecule has 0 amide bonds. The van der Waals surface area contributed by atoms with Crippen molar-refractivity contribution in [3.63, 3.8) is 0 Å². The topological polar surface area (TPSA) is 54.6 Å². The number of halogens is 1. The van der Waals surface area contributed by atoms with E-state index in [1.165, 1.54) is 28.8 Å². The van der Waals surface area contributed by atoms with Crippen LogP contribution < -0.4 is 5.56 Å². The van der Waals surface area contributed by atoms with Crippen molar-refractivity contribution in [2.45, 2.75) is 0 Å². The fourth-order valence-corrected chi connectivity index (χ4v) is 1.24. The number of pyridine rings is 1. The molecule has 2 aromatic heterocycles. The summed E-state index contributed by atoms with van der Waals surface area (Å²) >= 11 is 5.58. The number of hydrogen-bond acceptors (Lipinski definition) is 3. The average Bonchev–Trinajstić information content (AvgIpc) is 2.06. The van der Waals surface area contributed by atoms with Crippen LogP contribution in [0, 0.1) is 0 Å². The highest BCUT2D eigenvalue weighted by atomic mass is 35.5. The van der Waals surface area contributed by atoms with Crippen LogP contribution >= 0.6 is 11.6 Å². The third kappa shape index (κ3) is 1.36. The Labute approximate surface area is 78.0 Å². The van der Waals surface area contributed by atoms with Gasteiger partial charge < -0.3 is 5.11 Å². The summed E-state index contributed by atoms with van der Waals surface area (Å²) in [6.45, 7) is 0. The largest absolute Gasteiger partial charge is 0.506 e. The third-order valence-electron chi connectivity index (χ3n) is 1.61. The predicted molar refractivity (Wildman–Crippen MR) is 48.1 cm³/mol. The first-order valence-electron chi connectivity index (χ1n) is 3.55. The highest BCUT2D eigenvalue weighted by molar-refractivity contribution is 6.29. The summed E-state index contributed by atoms with van der Waals surface area (Å²) in [6.07, 6.45) is 1.29. The van der Waals surface area contributed by atoms with Crippen molar-refractivity contribution in [1.29, 1.82) is 0 Å². The summed E-state index contributed by atoms with van der Waals surface area (Å²) in [6, 6.07) is 4.15. The molecule has 0 aliphatic heterocycles. The molecule has 2 aromatic rings. The Kier molecular flexibility index (Phi) is 1.70. The van der Waals surface area contributed by atoms with Crippen molar-refractivity contribution in [2.24, 2.45) is 0 Å². The number of aromatic hydroxyl groups is 1. The smallest absolute Gasteiger partial charge is 0.259 e. The van der Waals surface area contributed by atoms with E-state index >= 15 is 0 Å². The minimum Gasteiger partial charge on any atom is -0.506 e. The van der Waals surface area contributed by atoms with Crippen LogP contribution in [0.2, 0.25) is 5.15 Å². The second kappa shape index (κ2) is 2.74. The lowest BCUT2D eigenvalue weighted by atomic mass is 10.4. The van der Waals surface area contributed by atoms with Crippen LogP contribution in [-0.4, -0.2) is 14.5 Å². The normalized spacial score (nSPS) is 10.5. The van der Waals surface area contributed by atoms with Crippen LogP contribution in [0.3, 0.4) is 0 Å². The number of hydrogen-bond donors (Lipinski definition) is 1. The van der Waals surface area contributed by atoms with Crippen molar-refractivity contribution >= 4 is 17.2 Å². The molecule has 0 radical (unpaired) electrons. The van der Waals surface area contributed by atoms with Gasteiger partial charge >= 0.3 is 0 Å². The lowest BCUT2D eigenvalue weighted by Crippen LogP contribution is -2.12. The summed E-state index contributed by atoms with van der Waals surface area (Å²) in [5.41, 5.74) is 0.0983. The van der Waals surface area contributed by atoms with Crippen molar-refractivity contribution < 1.29 is 5.11 Å². The minimum atomic E-state index is -0.314. The van der Waals surface area contributed by atoms with Crippen LogP contribution in [0.1, 0.15) is 0 Å². The van der Waals surface area contributed by atoms with Crippen LogP contribution in [0.5, 0.6) is 5.75 Å². The van der Waals surface area contributed by atoms with Gasteiger partial charge in [-0.1, -0.05) is 11.6 Å². The van der Waals surface area contributed by atoms with Gasteiger partial charge in [-0.3, -0.25) is 9.20 Å². The van der Waals surface area contributed by atoms with Gasteiger partial charge in [-0.05, 0) is 12.1 Å².